The molecule has 1 aliphatic rings. The van der Waals surface area contributed by atoms with Crippen molar-refractivity contribution in [3.05, 3.63) is 30.6 Å². The molecule has 1 aliphatic heterocycles. The van der Waals surface area contributed by atoms with Crippen molar-refractivity contribution in [2.24, 2.45) is 0 Å². The van der Waals surface area contributed by atoms with E-state index in [0.29, 0.717) is 24.3 Å². The van der Waals surface area contributed by atoms with Crippen LogP contribution in [0.3, 0.4) is 0 Å². The van der Waals surface area contributed by atoms with E-state index in [0.717, 1.165) is 16.3 Å². The van der Waals surface area contributed by atoms with E-state index in [1.165, 1.54) is 6.33 Å². The largest absolute Gasteiger partial charge is 0.358 e. The summed E-state index contributed by atoms with van der Waals surface area (Å²) in [6.45, 7) is 0. The van der Waals surface area contributed by atoms with Crippen LogP contribution in [0.4, 0.5) is 5.82 Å². The van der Waals surface area contributed by atoms with Crippen LogP contribution in [-0.4, -0.2) is 32.8 Å². The van der Waals surface area contributed by atoms with Crippen molar-refractivity contribution in [3.63, 3.8) is 0 Å². The van der Waals surface area contributed by atoms with Crippen molar-refractivity contribution in [1.82, 2.24) is 20.3 Å². The van der Waals surface area contributed by atoms with Crippen LogP contribution < -0.4 is 10.6 Å². The Morgan fingerprint density at radius 3 is 2.91 bits per heavy atom. The van der Waals surface area contributed by atoms with Gasteiger partial charge in [-0.25, -0.2) is 9.97 Å². The third-order valence-corrected chi connectivity index (χ3v) is 3.85. The van der Waals surface area contributed by atoms with Crippen molar-refractivity contribution >= 4 is 39.6 Å². The summed E-state index contributed by atoms with van der Waals surface area (Å²) in [5.41, 5.74) is 1.68. The fourth-order valence-corrected chi connectivity index (χ4v) is 2.78. The number of aromatic amines is 1. The molecule has 3 aromatic rings. The van der Waals surface area contributed by atoms with Crippen LogP contribution in [0.2, 0.25) is 0 Å². The summed E-state index contributed by atoms with van der Waals surface area (Å²) in [5.74, 6) is 0.0442. The second-order valence-corrected chi connectivity index (χ2v) is 5.26. The molecule has 3 N–H and O–H groups in total. The molecule has 1 fully saturated rings. The minimum Gasteiger partial charge on any atom is -0.358 e. The number of para-hydroxylation sites is 1. The molecule has 7 nitrogen and oxygen atoms in total. The molecule has 22 heavy (non-hydrogen) atoms. The maximum Gasteiger partial charge on any atom is 0.249 e. The van der Waals surface area contributed by atoms with Gasteiger partial charge < -0.3 is 10.3 Å². The van der Waals surface area contributed by atoms with E-state index in [2.05, 4.69) is 25.6 Å². The summed E-state index contributed by atoms with van der Waals surface area (Å²) in [7, 11) is 0. The molecule has 2 aromatic heterocycles. The molecule has 4 rings (SSSR count). The number of piperidine rings is 1. The number of hydrogen-bond donors (Lipinski definition) is 3. The van der Waals surface area contributed by atoms with E-state index < -0.39 is 6.04 Å². The number of amides is 2. The van der Waals surface area contributed by atoms with Crippen molar-refractivity contribution in [1.29, 1.82) is 0 Å². The Morgan fingerprint density at radius 2 is 2.05 bits per heavy atom. The number of carbonyl (C=O) groups is 2. The standard InChI is InChI=1S/C15H13N5O2/c21-11-6-5-10(15(22)20-11)19-14-12-8-3-1-2-4-9(8)18-13(12)16-7-17-14/h1-4,7,10H,5-6H2,(H,20,21,22)(H2,16,17,18,19)/t10-/m0/s1. The number of benzene rings is 1. The zero-order chi connectivity index (χ0) is 15.1. The van der Waals surface area contributed by atoms with Gasteiger partial charge in [-0.3, -0.25) is 14.9 Å². The topological polar surface area (TPSA) is 99.8 Å². The summed E-state index contributed by atoms with van der Waals surface area (Å²) >= 11 is 0. The number of anilines is 1. The molecule has 0 aliphatic carbocycles. The number of fused-ring (bicyclic) bond motifs is 3. The van der Waals surface area contributed by atoms with Gasteiger partial charge in [-0.15, -0.1) is 0 Å². The summed E-state index contributed by atoms with van der Waals surface area (Å²) in [6, 6.07) is 7.36. The first kappa shape index (κ1) is 12.8. The molecule has 0 saturated carbocycles. The highest BCUT2D eigenvalue weighted by Gasteiger charge is 2.27. The summed E-state index contributed by atoms with van der Waals surface area (Å²) in [5, 5.41) is 7.32. The molecule has 0 bridgehead atoms. The van der Waals surface area contributed by atoms with Gasteiger partial charge in [0.05, 0.1) is 5.39 Å². The molecule has 0 spiro atoms. The fourth-order valence-electron chi connectivity index (χ4n) is 2.78. The first-order chi connectivity index (χ1) is 10.7. The van der Waals surface area contributed by atoms with E-state index in [1.54, 1.807) is 0 Å². The Bertz CT molecular complexity index is 901. The normalized spacial score (nSPS) is 18.6. The van der Waals surface area contributed by atoms with Gasteiger partial charge >= 0.3 is 0 Å². The predicted molar refractivity (Wildman–Crippen MR) is 81.2 cm³/mol. The third kappa shape index (κ3) is 1.98. The molecule has 110 valence electrons. The number of carbonyl (C=O) groups excluding carboxylic acids is 2. The molecular formula is C15H13N5O2. The minimum absolute atomic E-state index is 0.233. The van der Waals surface area contributed by atoms with Crippen LogP contribution >= 0.6 is 0 Å². The van der Waals surface area contributed by atoms with Crippen LogP contribution in [0.5, 0.6) is 0 Å². The zero-order valence-electron chi connectivity index (χ0n) is 11.6. The van der Waals surface area contributed by atoms with Crippen LogP contribution in [0.25, 0.3) is 21.9 Å². The maximum atomic E-state index is 11.9. The number of hydrogen-bond acceptors (Lipinski definition) is 5. The van der Waals surface area contributed by atoms with Crippen molar-refractivity contribution < 1.29 is 9.59 Å². The number of nitrogens with zero attached hydrogens (tertiary/aromatic N) is 2. The molecule has 7 heteroatoms. The molecule has 1 atom stereocenters. The Morgan fingerprint density at radius 1 is 1.18 bits per heavy atom. The Kier molecular flexibility index (Phi) is 2.78. The monoisotopic (exact) mass is 295 g/mol. The summed E-state index contributed by atoms with van der Waals surface area (Å²) in [4.78, 5) is 34.9. The molecule has 1 saturated heterocycles. The van der Waals surface area contributed by atoms with E-state index in [1.807, 2.05) is 24.3 Å². The van der Waals surface area contributed by atoms with Crippen LogP contribution in [0, 0.1) is 0 Å². The van der Waals surface area contributed by atoms with Gasteiger partial charge in [-0.1, -0.05) is 18.2 Å². The van der Waals surface area contributed by atoms with Gasteiger partial charge in [-0.05, 0) is 12.5 Å². The minimum atomic E-state index is -0.468. The van der Waals surface area contributed by atoms with Gasteiger partial charge in [0.1, 0.15) is 23.8 Å². The van der Waals surface area contributed by atoms with Gasteiger partial charge in [0.15, 0.2) is 0 Å². The second-order valence-electron chi connectivity index (χ2n) is 5.26. The van der Waals surface area contributed by atoms with Crippen molar-refractivity contribution in [2.45, 2.75) is 18.9 Å². The van der Waals surface area contributed by atoms with Crippen LogP contribution in [0.1, 0.15) is 12.8 Å². The van der Waals surface area contributed by atoms with Gasteiger partial charge in [0, 0.05) is 17.3 Å². The molecular weight excluding hydrogens is 282 g/mol. The molecule has 0 radical (unpaired) electrons. The van der Waals surface area contributed by atoms with E-state index in [-0.39, 0.29) is 11.8 Å². The Labute approximate surface area is 125 Å². The lowest BCUT2D eigenvalue weighted by Gasteiger charge is -2.22. The smallest absolute Gasteiger partial charge is 0.249 e. The van der Waals surface area contributed by atoms with Crippen molar-refractivity contribution in [3.8, 4) is 0 Å². The average Bonchev–Trinajstić information content (AvgIpc) is 2.89. The first-order valence-corrected chi connectivity index (χ1v) is 7.04. The first-order valence-electron chi connectivity index (χ1n) is 7.04. The lowest BCUT2D eigenvalue weighted by molar-refractivity contribution is -0.133. The second kappa shape index (κ2) is 4.80. The number of H-pyrrole nitrogens is 1. The number of nitrogens with one attached hydrogen (secondary N) is 3. The maximum absolute atomic E-state index is 11.9. The van der Waals surface area contributed by atoms with Gasteiger partial charge in [0.25, 0.3) is 0 Å². The van der Waals surface area contributed by atoms with Gasteiger partial charge in [0.2, 0.25) is 11.8 Å². The average molecular weight is 295 g/mol. The van der Waals surface area contributed by atoms with E-state index >= 15 is 0 Å². The van der Waals surface area contributed by atoms with Crippen molar-refractivity contribution in [2.75, 3.05) is 5.32 Å². The highest BCUT2D eigenvalue weighted by molar-refractivity contribution is 6.11. The van der Waals surface area contributed by atoms with E-state index in [9.17, 15) is 9.59 Å². The third-order valence-electron chi connectivity index (χ3n) is 3.85. The van der Waals surface area contributed by atoms with Crippen LogP contribution in [-0.2, 0) is 9.59 Å². The molecule has 2 amide bonds. The quantitative estimate of drug-likeness (QED) is 0.619. The number of imide groups is 1. The molecule has 3 heterocycles. The zero-order valence-corrected chi connectivity index (χ0v) is 11.6. The fraction of sp³-hybridized carbons (Fsp3) is 0.200. The Balaban J connectivity index is 1.78. The summed E-state index contributed by atoms with van der Waals surface area (Å²) < 4.78 is 0. The van der Waals surface area contributed by atoms with Gasteiger partial charge in [-0.2, -0.15) is 0 Å². The lowest BCUT2D eigenvalue weighted by atomic mass is 10.1. The predicted octanol–water partition coefficient (Wildman–Crippen LogP) is 1.33. The number of aromatic nitrogens is 3. The lowest BCUT2D eigenvalue weighted by Crippen LogP contribution is -2.47. The van der Waals surface area contributed by atoms with Crippen LogP contribution in [0.15, 0.2) is 30.6 Å². The SMILES string of the molecule is O=C1CC[C@H](Nc2ncnc3[nH]c4ccccc4c23)C(=O)N1. The highest BCUT2D eigenvalue weighted by atomic mass is 16.2. The van der Waals surface area contributed by atoms with E-state index in [4.69, 9.17) is 0 Å². The number of rotatable bonds is 2. The Hall–Kier alpha value is -2.96. The highest BCUT2D eigenvalue weighted by Crippen LogP contribution is 2.29. The summed E-state index contributed by atoms with van der Waals surface area (Å²) in [6.07, 6.45) is 2.23. The molecule has 0 unspecified atom stereocenters. The molecule has 1 aromatic carbocycles.